The number of carbonyl (C=O) groups is 3. The standard InChI is InChI=1S/C14H17BrN2O4/c1-3-16-14(20)9(2)17-13(19)8-21-12-5-4-11(15)6-10(12)7-18/h4-7,9H,3,8H2,1-2H3,(H,16,20)(H,17,19)/t9-/m0/s1. The fourth-order valence-corrected chi connectivity index (χ4v) is 1.94. The maximum atomic E-state index is 11.7. The number of carbonyl (C=O) groups excluding carboxylic acids is 3. The van der Waals surface area contributed by atoms with Crippen LogP contribution in [0.2, 0.25) is 0 Å². The van der Waals surface area contributed by atoms with Gasteiger partial charge >= 0.3 is 0 Å². The Morgan fingerprint density at radius 2 is 2.14 bits per heavy atom. The highest BCUT2D eigenvalue weighted by Crippen LogP contribution is 2.21. The Hall–Kier alpha value is -1.89. The molecule has 7 heteroatoms. The van der Waals surface area contributed by atoms with Crippen LogP contribution >= 0.6 is 15.9 Å². The number of halogens is 1. The van der Waals surface area contributed by atoms with Crippen LogP contribution in [0.1, 0.15) is 24.2 Å². The minimum absolute atomic E-state index is 0.261. The normalized spacial score (nSPS) is 11.4. The second-order valence-corrected chi connectivity index (χ2v) is 5.19. The molecule has 0 unspecified atom stereocenters. The second kappa shape index (κ2) is 8.41. The molecule has 0 bridgehead atoms. The molecule has 0 aliphatic rings. The van der Waals surface area contributed by atoms with Crippen LogP contribution in [0.4, 0.5) is 0 Å². The Balaban J connectivity index is 2.53. The summed E-state index contributed by atoms with van der Waals surface area (Å²) in [6.07, 6.45) is 0.648. The molecule has 0 heterocycles. The van der Waals surface area contributed by atoms with Crippen LogP contribution in [0.3, 0.4) is 0 Å². The van der Waals surface area contributed by atoms with Crippen LogP contribution in [0, 0.1) is 0 Å². The monoisotopic (exact) mass is 356 g/mol. The van der Waals surface area contributed by atoms with Gasteiger partial charge in [-0.1, -0.05) is 15.9 Å². The summed E-state index contributed by atoms with van der Waals surface area (Å²) < 4.78 is 6.03. The van der Waals surface area contributed by atoms with Gasteiger partial charge in [0.2, 0.25) is 5.91 Å². The van der Waals surface area contributed by atoms with Crippen molar-refractivity contribution in [1.82, 2.24) is 10.6 Å². The van der Waals surface area contributed by atoms with Gasteiger partial charge in [-0.05, 0) is 32.0 Å². The summed E-state index contributed by atoms with van der Waals surface area (Å²) in [6.45, 7) is 3.60. The third-order valence-electron chi connectivity index (χ3n) is 2.58. The molecule has 0 aromatic heterocycles. The Labute approximate surface area is 131 Å². The molecule has 6 nitrogen and oxygen atoms in total. The third kappa shape index (κ3) is 5.55. The van der Waals surface area contributed by atoms with Crippen LogP contribution in [0.5, 0.6) is 5.75 Å². The van der Waals surface area contributed by atoms with E-state index in [9.17, 15) is 14.4 Å². The SMILES string of the molecule is CCNC(=O)[C@H](C)NC(=O)COc1ccc(Br)cc1C=O. The summed E-state index contributed by atoms with van der Waals surface area (Å²) in [6, 6.07) is 4.25. The Morgan fingerprint density at radius 3 is 2.76 bits per heavy atom. The lowest BCUT2D eigenvalue weighted by Gasteiger charge is -2.14. The van der Waals surface area contributed by atoms with Crippen molar-refractivity contribution < 1.29 is 19.1 Å². The van der Waals surface area contributed by atoms with Gasteiger partial charge in [0.15, 0.2) is 12.9 Å². The van der Waals surface area contributed by atoms with E-state index in [-0.39, 0.29) is 12.5 Å². The molecule has 114 valence electrons. The van der Waals surface area contributed by atoms with Crippen molar-refractivity contribution in [3.63, 3.8) is 0 Å². The molecule has 1 rings (SSSR count). The zero-order valence-corrected chi connectivity index (χ0v) is 13.4. The molecular formula is C14H17BrN2O4. The predicted octanol–water partition coefficient (Wildman–Crippen LogP) is 1.28. The molecule has 0 fully saturated rings. The molecule has 0 saturated heterocycles. The molecular weight excluding hydrogens is 340 g/mol. The van der Waals surface area contributed by atoms with E-state index in [1.165, 1.54) is 0 Å². The zero-order chi connectivity index (χ0) is 15.8. The lowest BCUT2D eigenvalue weighted by molar-refractivity contribution is -0.129. The van der Waals surface area contributed by atoms with E-state index >= 15 is 0 Å². The molecule has 1 aromatic rings. The topological polar surface area (TPSA) is 84.5 Å². The quantitative estimate of drug-likeness (QED) is 0.720. The molecule has 0 aliphatic heterocycles. The Bertz CT molecular complexity index is 534. The lowest BCUT2D eigenvalue weighted by atomic mass is 10.2. The first kappa shape index (κ1) is 17.2. The highest BCUT2D eigenvalue weighted by molar-refractivity contribution is 9.10. The highest BCUT2D eigenvalue weighted by Gasteiger charge is 2.15. The first-order chi connectivity index (χ1) is 9.97. The molecule has 0 radical (unpaired) electrons. The Morgan fingerprint density at radius 1 is 1.43 bits per heavy atom. The van der Waals surface area contributed by atoms with Gasteiger partial charge in [-0.15, -0.1) is 0 Å². The van der Waals surface area contributed by atoms with E-state index < -0.39 is 11.9 Å². The van der Waals surface area contributed by atoms with Crippen LogP contribution in [0.15, 0.2) is 22.7 Å². The zero-order valence-electron chi connectivity index (χ0n) is 11.8. The minimum atomic E-state index is -0.642. The van der Waals surface area contributed by atoms with Crippen molar-refractivity contribution >= 4 is 34.0 Å². The van der Waals surface area contributed by atoms with Gasteiger partial charge < -0.3 is 15.4 Å². The number of hydrogen-bond donors (Lipinski definition) is 2. The van der Waals surface area contributed by atoms with Gasteiger partial charge in [-0.3, -0.25) is 14.4 Å². The average Bonchev–Trinajstić information content (AvgIpc) is 2.45. The molecule has 2 N–H and O–H groups in total. The second-order valence-electron chi connectivity index (χ2n) is 4.27. The minimum Gasteiger partial charge on any atom is -0.483 e. The molecule has 21 heavy (non-hydrogen) atoms. The fraction of sp³-hybridized carbons (Fsp3) is 0.357. The number of rotatable bonds is 7. The molecule has 2 amide bonds. The summed E-state index contributed by atoms with van der Waals surface area (Å²) in [4.78, 5) is 34.1. The van der Waals surface area contributed by atoms with Gasteiger partial charge in [0.25, 0.3) is 5.91 Å². The lowest BCUT2D eigenvalue weighted by Crippen LogP contribution is -2.46. The van der Waals surface area contributed by atoms with Gasteiger partial charge in [-0.25, -0.2) is 0 Å². The number of aldehydes is 1. The summed E-state index contributed by atoms with van der Waals surface area (Å²) in [5.74, 6) is -0.384. The van der Waals surface area contributed by atoms with Crippen molar-refractivity contribution in [1.29, 1.82) is 0 Å². The van der Waals surface area contributed by atoms with E-state index in [0.717, 1.165) is 4.47 Å². The number of hydrogen-bond acceptors (Lipinski definition) is 4. The van der Waals surface area contributed by atoms with Crippen LogP contribution < -0.4 is 15.4 Å². The summed E-state index contributed by atoms with van der Waals surface area (Å²) in [7, 11) is 0. The first-order valence-corrected chi connectivity index (χ1v) is 7.21. The summed E-state index contributed by atoms with van der Waals surface area (Å²) in [5.41, 5.74) is 0.342. The Kier molecular flexibility index (Phi) is 6.87. The molecule has 0 aliphatic carbocycles. The maximum absolute atomic E-state index is 11.7. The molecule has 1 aromatic carbocycles. The number of nitrogens with one attached hydrogen (secondary N) is 2. The van der Waals surface area contributed by atoms with Crippen molar-refractivity contribution in [2.75, 3.05) is 13.2 Å². The maximum Gasteiger partial charge on any atom is 0.258 e. The van der Waals surface area contributed by atoms with E-state index in [4.69, 9.17) is 4.74 Å². The first-order valence-electron chi connectivity index (χ1n) is 6.42. The predicted molar refractivity (Wildman–Crippen MR) is 81.3 cm³/mol. The van der Waals surface area contributed by atoms with Crippen molar-refractivity contribution in [3.8, 4) is 5.75 Å². The summed E-state index contributed by atoms with van der Waals surface area (Å²) in [5, 5.41) is 5.11. The van der Waals surface area contributed by atoms with Crippen LogP contribution in [-0.4, -0.2) is 37.3 Å². The average molecular weight is 357 g/mol. The largest absolute Gasteiger partial charge is 0.483 e. The van der Waals surface area contributed by atoms with Crippen molar-refractivity contribution in [2.45, 2.75) is 19.9 Å². The number of likely N-dealkylation sites (N-methyl/N-ethyl adjacent to an activating group) is 1. The van der Waals surface area contributed by atoms with Gasteiger partial charge in [0, 0.05) is 11.0 Å². The van der Waals surface area contributed by atoms with E-state index in [0.29, 0.717) is 24.1 Å². The van der Waals surface area contributed by atoms with Gasteiger partial charge in [-0.2, -0.15) is 0 Å². The van der Waals surface area contributed by atoms with Crippen molar-refractivity contribution in [2.24, 2.45) is 0 Å². The summed E-state index contributed by atoms with van der Waals surface area (Å²) >= 11 is 3.24. The molecule has 1 atom stereocenters. The van der Waals surface area contributed by atoms with Crippen molar-refractivity contribution in [3.05, 3.63) is 28.2 Å². The number of amides is 2. The number of benzene rings is 1. The van der Waals surface area contributed by atoms with E-state index in [1.807, 2.05) is 0 Å². The number of ether oxygens (including phenoxy) is 1. The van der Waals surface area contributed by atoms with Crippen LogP contribution in [-0.2, 0) is 9.59 Å². The van der Waals surface area contributed by atoms with Crippen LogP contribution in [0.25, 0.3) is 0 Å². The smallest absolute Gasteiger partial charge is 0.258 e. The van der Waals surface area contributed by atoms with E-state index in [2.05, 4.69) is 26.6 Å². The third-order valence-corrected chi connectivity index (χ3v) is 3.07. The van der Waals surface area contributed by atoms with Gasteiger partial charge in [0.1, 0.15) is 11.8 Å². The molecule has 0 spiro atoms. The van der Waals surface area contributed by atoms with Gasteiger partial charge in [0.05, 0.1) is 5.56 Å². The fourth-order valence-electron chi connectivity index (χ4n) is 1.56. The molecule has 0 saturated carbocycles. The highest BCUT2D eigenvalue weighted by atomic mass is 79.9. The van der Waals surface area contributed by atoms with E-state index in [1.54, 1.807) is 32.0 Å².